The topological polar surface area (TPSA) is 76.3 Å². The predicted molar refractivity (Wildman–Crippen MR) is 81.0 cm³/mol. The third kappa shape index (κ3) is 3.96. The van der Waals surface area contributed by atoms with Gasteiger partial charge in [0.05, 0.1) is 6.10 Å². The third-order valence-corrected chi connectivity index (χ3v) is 3.31. The van der Waals surface area contributed by atoms with Gasteiger partial charge in [-0.25, -0.2) is 4.98 Å². The van der Waals surface area contributed by atoms with Crippen molar-refractivity contribution in [3.05, 3.63) is 6.33 Å². The van der Waals surface area contributed by atoms with Gasteiger partial charge in [0.15, 0.2) is 5.82 Å². The summed E-state index contributed by atoms with van der Waals surface area (Å²) < 4.78 is 5.57. The van der Waals surface area contributed by atoms with Crippen LogP contribution >= 0.6 is 0 Å². The smallest absolute Gasteiger partial charge is 0.242 e. The second kappa shape index (κ2) is 6.74. The molecule has 1 atom stereocenters. The van der Waals surface area contributed by atoms with Crippen LogP contribution in [-0.2, 0) is 0 Å². The van der Waals surface area contributed by atoms with Crippen LogP contribution in [0.4, 0.5) is 11.5 Å². The van der Waals surface area contributed by atoms with Crippen LogP contribution in [0.2, 0.25) is 0 Å². The molecule has 2 rings (SSSR count). The maximum absolute atomic E-state index is 6.06. The van der Waals surface area contributed by atoms with E-state index >= 15 is 0 Å². The molecule has 112 valence electrons. The highest BCUT2D eigenvalue weighted by Crippen LogP contribution is 2.26. The van der Waals surface area contributed by atoms with Crippen LogP contribution in [0, 0.1) is 0 Å². The molecule has 2 heterocycles. The number of aromatic nitrogens is 2. The molecular weight excluding hydrogens is 254 g/mol. The van der Waals surface area contributed by atoms with E-state index in [4.69, 9.17) is 10.5 Å². The third-order valence-electron chi connectivity index (χ3n) is 3.31. The summed E-state index contributed by atoms with van der Waals surface area (Å²) in [6.45, 7) is 9.42. The monoisotopic (exact) mass is 279 g/mol. The second-order valence-electron chi connectivity index (χ2n) is 5.66. The van der Waals surface area contributed by atoms with E-state index in [1.54, 1.807) is 0 Å². The molecule has 1 saturated heterocycles. The molecular formula is C14H25N5O. The number of hydrogen-bond acceptors (Lipinski definition) is 6. The van der Waals surface area contributed by atoms with E-state index in [1.165, 1.54) is 32.3 Å². The Morgan fingerprint density at radius 3 is 2.65 bits per heavy atom. The van der Waals surface area contributed by atoms with Crippen LogP contribution in [-0.4, -0.2) is 46.6 Å². The quantitative estimate of drug-likeness (QED) is 0.826. The molecule has 0 spiro atoms. The lowest BCUT2D eigenvalue weighted by atomic mass is 10.3. The van der Waals surface area contributed by atoms with Crippen molar-refractivity contribution in [3.8, 4) is 5.88 Å². The molecule has 0 radical (unpaired) electrons. The molecule has 20 heavy (non-hydrogen) atoms. The first-order chi connectivity index (χ1) is 9.56. The molecule has 0 aromatic carbocycles. The zero-order chi connectivity index (χ0) is 14.5. The minimum Gasteiger partial charge on any atom is -0.473 e. The first-order valence-corrected chi connectivity index (χ1v) is 7.32. The van der Waals surface area contributed by atoms with Gasteiger partial charge in [-0.2, -0.15) is 4.98 Å². The van der Waals surface area contributed by atoms with Crippen molar-refractivity contribution in [2.24, 2.45) is 0 Å². The van der Waals surface area contributed by atoms with Gasteiger partial charge in [-0.1, -0.05) is 0 Å². The Morgan fingerprint density at radius 1 is 1.30 bits per heavy atom. The summed E-state index contributed by atoms with van der Waals surface area (Å²) in [6.07, 6.45) is 4.13. The highest BCUT2D eigenvalue weighted by atomic mass is 16.5. The minimum absolute atomic E-state index is 0.0436. The van der Waals surface area contributed by atoms with E-state index < -0.39 is 0 Å². The first kappa shape index (κ1) is 14.8. The SMILES string of the molecule is CC(CN1CCCC1)Nc1ncnc(OC(C)C)c1N. The number of nitrogens with two attached hydrogens (primary N) is 1. The standard InChI is InChI=1S/C14H25N5O/c1-10(2)20-14-12(15)13(16-9-17-14)18-11(3)8-19-6-4-5-7-19/h9-11H,4-8,15H2,1-3H3,(H,16,17,18). The lowest BCUT2D eigenvalue weighted by Gasteiger charge is -2.22. The maximum atomic E-state index is 6.06. The fourth-order valence-corrected chi connectivity index (χ4v) is 2.44. The van der Waals surface area contributed by atoms with Gasteiger partial charge in [0.1, 0.15) is 12.0 Å². The molecule has 6 nitrogen and oxygen atoms in total. The summed E-state index contributed by atoms with van der Waals surface area (Å²) >= 11 is 0. The van der Waals surface area contributed by atoms with Crippen LogP contribution in [0.15, 0.2) is 6.33 Å². The van der Waals surface area contributed by atoms with E-state index in [0.717, 1.165) is 6.54 Å². The van der Waals surface area contributed by atoms with Crippen LogP contribution in [0.25, 0.3) is 0 Å². The van der Waals surface area contributed by atoms with Crippen molar-refractivity contribution < 1.29 is 4.74 Å². The Hall–Kier alpha value is -1.56. The zero-order valence-electron chi connectivity index (χ0n) is 12.6. The number of hydrogen-bond donors (Lipinski definition) is 2. The summed E-state index contributed by atoms with van der Waals surface area (Å²) in [7, 11) is 0. The molecule has 0 aliphatic carbocycles. The Morgan fingerprint density at radius 2 is 2.00 bits per heavy atom. The average Bonchev–Trinajstić information content (AvgIpc) is 2.86. The number of nitrogen functional groups attached to an aromatic ring is 1. The van der Waals surface area contributed by atoms with Gasteiger partial charge in [-0.05, 0) is 46.7 Å². The van der Waals surface area contributed by atoms with Gasteiger partial charge in [0.2, 0.25) is 5.88 Å². The molecule has 1 fully saturated rings. The minimum atomic E-state index is 0.0436. The highest BCUT2D eigenvalue weighted by molar-refractivity contribution is 5.66. The number of ether oxygens (including phenoxy) is 1. The van der Waals surface area contributed by atoms with E-state index in [9.17, 15) is 0 Å². The average molecular weight is 279 g/mol. The van der Waals surface area contributed by atoms with Crippen LogP contribution in [0.5, 0.6) is 5.88 Å². The predicted octanol–water partition coefficient (Wildman–Crippen LogP) is 1.74. The summed E-state index contributed by atoms with van der Waals surface area (Å²) in [4.78, 5) is 10.8. The number of likely N-dealkylation sites (tertiary alicyclic amines) is 1. The zero-order valence-corrected chi connectivity index (χ0v) is 12.6. The van der Waals surface area contributed by atoms with Crippen molar-refractivity contribution in [1.29, 1.82) is 0 Å². The summed E-state index contributed by atoms with van der Waals surface area (Å²) in [5, 5.41) is 3.35. The molecule has 0 amide bonds. The van der Waals surface area contributed by atoms with E-state index in [0.29, 0.717) is 17.4 Å². The maximum Gasteiger partial charge on any atom is 0.242 e. The number of rotatable bonds is 6. The van der Waals surface area contributed by atoms with Gasteiger partial charge in [0.25, 0.3) is 0 Å². The van der Waals surface area contributed by atoms with Crippen molar-refractivity contribution in [1.82, 2.24) is 14.9 Å². The van der Waals surface area contributed by atoms with Crippen LogP contribution < -0.4 is 15.8 Å². The lowest BCUT2D eigenvalue weighted by Crippen LogP contribution is -2.33. The summed E-state index contributed by atoms with van der Waals surface area (Å²) in [5.74, 6) is 1.10. The second-order valence-corrected chi connectivity index (χ2v) is 5.66. The summed E-state index contributed by atoms with van der Waals surface area (Å²) in [6, 6.07) is 0.289. The van der Waals surface area contributed by atoms with Crippen molar-refractivity contribution in [3.63, 3.8) is 0 Å². The molecule has 1 unspecified atom stereocenters. The number of nitrogens with one attached hydrogen (secondary N) is 1. The Bertz CT molecular complexity index is 432. The molecule has 1 aromatic heterocycles. The molecule has 0 bridgehead atoms. The lowest BCUT2D eigenvalue weighted by molar-refractivity contribution is 0.234. The molecule has 1 aliphatic rings. The van der Waals surface area contributed by atoms with Crippen molar-refractivity contribution >= 4 is 11.5 Å². The summed E-state index contributed by atoms with van der Waals surface area (Å²) in [5.41, 5.74) is 6.54. The molecule has 1 aromatic rings. The van der Waals surface area contributed by atoms with Gasteiger partial charge in [0, 0.05) is 12.6 Å². The molecule has 6 heteroatoms. The fourth-order valence-electron chi connectivity index (χ4n) is 2.44. The van der Waals surface area contributed by atoms with E-state index in [-0.39, 0.29) is 12.1 Å². The molecule has 3 N–H and O–H groups in total. The van der Waals surface area contributed by atoms with E-state index in [2.05, 4.69) is 27.1 Å². The van der Waals surface area contributed by atoms with Gasteiger partial charge in [-0.15, -0.1) is 0 Å². The van der Waals surface area contributed by atoms with E-state index in [1.807, 2.05) is 13.8 Å². The van der Waals surface area contributed by atoms with Gasteiger partial charge < -0.3 is 20.7 Å². The first-order valence-electron chi connectivity index (χ1n) is 7.32. The van der Waals surface area contributed by atoms with Crippen LogP contribution in [0.1, 0.15) is 33.6 Å². The highest BCUT2D eigenvalue weighted by Gasteiger charge is 2.17. The molecule has 0 saturated carbocycles. The van der Waals surface area contributed by atoms with Crippen LogP contribution in [0.3, 0.4) is 0 Å². The Kier molecular flexibility index (Phi) is 5.00. The Balaban J connectivity index is 1.97. The largest absolute Gasteiger partial charge is 0.473 e. The Labute approximate surface area is 120 Å². The van der Waals surface area contributed by atoms with Crippen molar-refractivity contribution in [2.75, 3.05) is 30.7 Å². The number of nitrogens with zero attached hydrogens (tertiary/aromatic N) is 3. The van der Waals surface area contributed by atoms with Gasteiger partial charge >= 0.3 is 0 Å². The normalized spacial score (nSPS) is 17.4. The number of anilines is 2. The molecule has 1 aliphatic heterocycles. The fraction of sp³-hybridized carbons (Fsp3) is 0.714. The van der Waals surface area contributed by atoms with Crippen molar-refractivity contribution in [2.45, 2.75) is 45.8 Å². The van der Waals surface area contributed by atoms with Gasteiger partial charge in [-0.3, -0.25) is 0 Å².